The van der Waals surface area contributed by atoms with Crippen LogP contribution in [0.25, 0.3) is 0 Å². The first kappa shape index (κ1) is 101. The lowest BCUT2D eigenvalue weighted by Crippen LogP contribution is -2.30. The molecule has 0 bridgehead atoms. The SMILES string of the molecule is CCCCCCCCCCCCCCCCCCCCCCC(=O)OC[C@H](COP(=O)(O)OC[C@@H](O)COP(=O)(O)OC[C@@H](COC(=O)CCCCCCCCCCC)OC(=O)CCCCCCCCCCCCC(C)C)OC(=O)CCCCCCCCCCCCCCCCCCCCC(C)C. The van der Waals surface area contributed by atoms with Gasteiger partial charge in [-0.15, -0.1) is 0 Å². The topological polar surface area (TPSA) is 237 Å². The number of hydrogen-bond donors (Lipinski definition) is 3. The summed E-state index contributed by atoms with van der Waals surface area (Å²) in [6.07, 6.45) is 66.8. The van der Waals surface area contributed by atoms with Crippen molar-refractivity contribution in [2.24, 2.45) is 11.8 Å². The molecule has 0 amide bonds. The maximum Gasteiger partial charge on any atom is 0.472 e. The van der Waals surface area contributed by atoms with Crippen LogP contribution in [0.5, 0.6) is 0 Å². The molecule has 0 aliphatic heterocycles. The van der Waals surface area contributed by atoms with E-state index in [1.807, 2.05) is 0 Å². The lowest BCUT2D eigenvalue weighted by Gasteiger charge is -2.21. The van der Waals surface area contributed by atoms with Crippen LogP contribution >= 0.6 is 15.6 Å². The minimum Gasteiger partial charge on any atom is -0.462 e. The van der Waals surface area contributed by atoms with Crippen LogP contribution in [0.3, 0.4) is 0 Å². The monoisotopic (exact) mass is 1510 g/mol. The normalized spacial score (nSPS) is 13.9. The summed E-state index contributed by atoms with van der Waals surface area (Å²) >= 11 is 0. The molecule has 0 heterocycles. The number of aliphatic hydroxyl groups is 1. The lowest BCUT2D eigenvalue weighted by atomic mass is 10.0. The summed E-state index contributed by atoms with van der Waals surface area (Å²) in [5.41, 5.74) is 0. The molecule has 0 radical (unpaired) electrons. The van der Waals surface area contributed by atoms with E-state index in [0.717, 1.165) is 102 Å². The number of esters is 4. The van der Waals surface area contributed by atoms with E-state index in [1.165, 1.54) is 263 Å². The van der Waals surface area contributed by atoms with Crippen LogP contribution in [-0.4, -0.2) is 96.7 Å². The predicted octanol–water partition coefficient (Wildman–Crippen LogP) is 25.5. The zero-order valence-corrected chi connectivity index (χ0v) is 69.4. The summed E-state index contributed by atoms with van der Waals surface area (Å²) in [5, 5.41) is 10.6. The van der Waals surface area contributed by atoms with E-state index >= 15 is 0 Å². The van der Waals surface area contributed by atoms with Crippen molar-refractivity contribution in [2.75, 3.05) is 39.6 Å². The van der Waals surface area contributed by atoms with E-state index in [1.54, 1.807) is 0 Å². The summed E-state index contributed by atoms with van der Waals surface area (Å²) in [4.78, 5) is 73.0. The van der Waals surface area contributed by atoms with Crippen molar-refractivity contribution in [3.05, 3.63) is 0 Å². The Bertz CT molecular complexity index is 1980. The molecular formula is C84H164O17P2. The predicted molar refractivity (Wildman–Crippen MR) is 423 cm³/mol. The van der Waals surface area contributed by atoms with E-state index in [0.29, 0.717) is 25.7 Å². The number of phosphoric acid groups is 2. The molecule has 0 spiro atoms. The molecule has 5 atom stereocenters. The lowest BCUT2D eigenvalue weighted by molar-refractivity contribution is -0.161. The fourth-order valence-corrected chi connectivity index (χ4v) is 14.6. The first-order valence-corrected chi connectivity index (χ1v) is 46.5. The maximum absolute atomic E-state index is 13.1. The molecule has 0 fully saturated rings. The van der Waals surface area contributed by atoms with Gasteiger partial charge in [-0.05, 0) is 37.5 Å². The van der Waals surface area contributed by atoms with Crippen molar-refractivity contribution in [3.8, 4) is 0 Å². The number of phosphoric ester groups is 2. The van der Waals surface area contributed by atoms with Crippen LogP contribution in [0, 0.1) is 11.8 Å². The molecule has 612 valence electrons. The van der Waals surface area contributed by atoms with Crippen LogP contribution in [0.4, 0.5) is 0 Å². The Hall–Kier alpha value is -1.94. The van der Waals surface area contributed by atoms with Gasteiger partial charge in [0.05, 0.1) is 26.4 Å². The number of unbranched alkanes of at least 4 members (excludes halogenated alkanes) is 53. The van der Waals surface area contributed by atoms with Crippen molar-refractivity contribution in [2.45, 2.75) is 464 Å². The Kier molecular flexibility index (Phi) is 74.1. The van der Waals surface area contributed by atoms with Gasteiger partial charge in [0.25, 0.3) is 0 Å². The minimum absolute atomic E-state index is 0.106. The zero-order valence-electron chi connectivity index (χ0n) is 67.6. The number of rotatable bonds is 83. The van der Waals surface area contributed by atoms with Gasteiger partial charge in [0.2, 0.25) is 0 Å². The fraction of sp³-hybridized carbons (Fsp3) is 0.952. The fourth-order valence-electron chi connectivity index (χ4n) is 13.1. The molecule has 2 unspecified atom stereocenters. The second-order valence-electron chi connectivity index (χ2n) is 31.2. The first-order valence-electron chi connectivity index (χ1n) is 43.5. The first-order chi connectivity index (χ1) is 49.9. The zero-order chi connectivity index (χ0) is 75.6. The van der Waals surface area contributed by atoms with Crippen molar-refractivity contribution in [3.63, 3.8) is 0 Å². The Morgan fingerprint density at radius 3 is 0.660 bits per heavy atom. The Morgan fingerprint density at radius 1 is 0.262 bits per heavy atom. The van der Waals surface area contributed by atoms with Gasteiger partial charge in [0.15, 0.2) is 12.2 Å². The van der Waals surface area contributed by atoms with Gasteiger partial charge in [0.1, 0.15) is 19.3 Å². The van der Waals surface area contributed by atoms with E-state index in [-0.39, 0.29) is 25.7 Å². The number of carbonyl (C=O) groups is 4. The van der Waals surface area contributed by atoms with E-state index in [4.69, 9.17) is 37.0 Å². The highest BCUT2D eigenvalue weighted by molar-refractivity contribution is 7.47. The molecule has 0 aliphatic carbocycles. The molecule has 0 saturated carbocycles. The Labute approximate surface area is 632 Å². The van der Waals surface area contributed by atoms with E-state index in [2.05, 4.69) is 41.5 Å². The highest BCUT2D eigenvalue weighted by Gasteiger charge is 2.30. The average Bonchev–Trinajstić information content (AvgIpc) is 1.19. The van der Waals surface area contributed by atoms with Crippen molar-refractivity contribution in [1.82, 2.24) is 0 Å². The largest absolute Gasteiger partial charge is 0.472 e. The third kappa shape index (κ3) is 78.0. The molecule has 19 heteroatoms. The molecule has 3 N–H and O–H groups in total. The molecule has 0 aromatic rings. The summed E-state index contributed by atoms with van der Waals surface area (Å²) in [6, 6.07) is 0. The summed E-state index contributed by atoms with van der Waals surface area (Å²) in [5.74, 6) is -0.535. The van der Waals surface area contributed by atoms with Gasteiger partial charge < -0.3 is 33.8 Å². The standard InChI is InChI=1S/C84H164O17P2/c1-7-9-11-13-15-17-18-19-20-21-22-23-27-30-33-36-43-49-55-61-67-82(87)95-73-80(100-83(88)68-62-56-50-44-37-34-31-28-25-24-26-29-32-35-41-46-52-58-64-76(3)4)75-99-103(92,93)97-71-78(85)70-96-102(90,91)98-74-79(72-94-81(86)66-60-54-48-40-16-14-12-10-8-2)101-84(89)69-63-57-51-45-39-38-42-47-53-59-65-77(5)6/h76-80,85H,7-75H2,1-6H3,(H,90,91)(H,92,93)/t78-,79+,80+/m0/s1. The highest BCUT2D eigenvalue weighted by atomic mass is 31.2. The second-order valence-corrected chi connectivity index (χ2v) is 34.1. The van der Waals surface area contributed by atoms with Crippen LogP contribution in [-0.2, 0) is 65.4 Å². The molecule has 0 aliphatic rings. The molecule has 0 rings (SSSR count). The van der Waals surface area contributed by atoms with Crippen LogP contribution in [0.1, 0.15) is 446 Å². The summed E-state index contributed by atoms with van der Waals surface area (Å²) in [6.45, 7) is 9.66. The minimum atomic E-state index is -4.96. The maximum atomic E-state index is 13.1. The third-order valence-corrected chi connectivity index (χ3v) is 21.6. The molecule has 0 saturated heterocycles. The Morgan fingerprint density at radius 2 is 0.447 bits per heavy atom. The van der Waals surface area contributed by atoms with Crippen LogP contribution < -0.4 is 0 Å². The third-order valence-electron chi connectivity index (χ3n) is 19.7. The van der Waals surface area contributed by atoms with E-state index < -0.39 is 97.5 Å². The van der Waals surface area contributed by atoms with Gasteiger partial charge in [-0.2, -0.15) is 0 Å². The van der Waals surface area contributed by atoms with E-state index in [9.17, 15) is 43.2 Å². The van der Waals surface area contributed by atoms with Gasteiger partial charge >= 0.3 is 39.5 Å². The van der Waals surface area contributed by atoms with Crippen LogP contribution in [0.2, 0.25) is 0 Å². The summed E-state index contributed by atoms with van der Waals surface area (Å²) in [7, 11) is -9.92. The van der Waals surface area contributed by atoms with Crippen molar-refractivity contribution < 1.29 is 80.2 Å². The van der Waals surface area contributed by atoms with Gasteiger partial charge in [0, 0.05) is 25.7 Å². The van der Waals surface area contributed by atoms with Gasteiger partial charge in [-0.3, -0.25) is 37.3 Å². The molecule has 0 aromatic heterocycles. The quantitative estimate of drug-likeness (QED) is 0.0222. The Balaban J connectivity index is 5.19. The molecule has 103 heavy (non-hydrogen) atoms. The van der Waals surface area contributed by atoms with Gasteiger partial charge in [-0.1, -0.05) is 395 Å². The second kappa shape index (κ2) is 75.5. The molecular weight excluding hydrogens is 1340 g/mol. The van der Waals surface area contributed by atoms with Crippen molar-refractivity contribution in [1.29, 1.82) is 0 Å². The average molecular weight is 1510 g/mol. The number of hydrogen-bond acceptors (Lipinski definition) is 15. The molecule has 0 aromatic carbocycles. The van der Waals surface area contributed by atoms with Gasteiger partial charge in [-0.25, -0.2) is 9.13 Å². The van der Waals surface area contributed by atoms with Crippen molar-refractivity contribution >= 4 is 39.5 Å². The molecule has 17 nitrogen and oxygen atoms in total. The highest BCUT2D eigenvalue weighted by Crippen LogP contribution is 2.45. The number of carbonyl (C=O) groups excluding carboxylic acids is 4. The number of aliphatic hydroxyl groups excluding tert-OH is 1. The summed E-state index contributed by atoms with van der Waals surface area (Å²) < 4.78 is 68.7. The van der Waals surface area contributed by atoms with Crippen LogP contribution in [0.15, 0.2) is 0 Å². The smallest absolute Gasteiger partial charge is 0.462 e. The number of ether oxygens (including phenoxy) is 4.